The Kier molecular flexibility index (Phi) is 3.54. The van der Waals surface area contributed by atoms with Crippen LogP contribution in [0.15, 0.2) is 24.3 Å². The smallest absolute Gasteiger partial charge is 0.0503 e. The fourth-order valence-corrected chi connectivity index (χ4v) is 3.08. The molecule has 1 aromatic rings. The Hall–Kier alpha value is -0.670. The molecule has 3 heteroatoms. The van der Waals surface area contributed by atoms with Crippen molar-refractivity contribution in [2.75, 3.05) is 29.5 Å². The Labute approximate surface area is 95.8 Å². The number of rotatable bonds is 2. The maximum Gasteiger partial charge on any atom is 0.0503 e. The number of nitrogens with zero attached hydrogens (tertiary/aromatic N) is 1. The minimum atomic E-state index is 0.505. The molecule has 1 aliphatic rings. The third-order valence-corrected chi connectivity index (χ3v) is 3.92. The van der Waals surface area contributed by atoms with Crippen molar-refractivity contribution in [2.45, 2.75) is 13.0 Å². The van der Waals surface area contributed by atoms with E-state index in [0.29, 0.717) is 6.04 Å². The molecule has 2 nitrogen and oxygen atoms in total. The first-order valence-electron chi connectivity index (χ1n) is 5.42. The summed E-state index contributed by atoms with van der Waals surface area (Å²) in [7, 11) is 0. The van der Waals surface area contributed by atoms with Gasteiger partial charge in [-0.2, -0.15) is 11.8 Å². The van der Waals surface area contributed by atoms with Gasteiger partial charge in [0.25, 0.3) is 0 Å². The van der Waals surface area contributed by atoms with Crippen molar-refractivity contribution in [1.29, 1.82) is 0 Å². The molecule has 1 aromatic carbocycles. The number of benzene rings is 1. The highest BCUT2D eigenvalue weighted by molar-refractivity contribution is 7.99. The predicted octanol–water partition coefficient (Wildman–Crippen LogP) is 1.88. The standard InChI is InChI=1S/C12H18N2S/c1-10-3-2-4-11(7-10)14-5-6-15-9-12(14)8-13/h2-4,7,12H,5-6,8-9,13H2,1H3. The highest BCUT2D eigenvalue weighted by atomic mass is 32.2. The van der Waals surface area contributed by atoms with Gasteiger partial charge in [0.1, 0.15) is 0 Å². The zero-order valence-electron chi connectivity index (χ0n) is 9.15. The fourth-order valence-electron chi connectivity index (χ4n) is 2.00. The van der Waals surface area contributed by atoms with Gasteiger partial charge in [0.15, 0.2) is 0 Å². The minimum absolute atomic E-state index is 0.505. The second-order valence-corrected chi connectivity index (χ2v) is 5.15. The third-order valence-electron chi connectivity index (χ3n) is 2.83. The number of nitrogens with two attached hydrogens (primary N) is 1. The van der Waals surface area contributed by atoms with E-state index < -0.39 is 0 Å². The molecule has 0 saturated carbocycles. The normalized spacial score (nSPS) is 21.7. The summed E-state index contributed by atoms with van der Waals surface area (Å²) in [4.78, 5) is 2.45. The molecule has 0 aliphatic carbocycles. The largest absolute Gasteiger partial charge is 0.366 e. The monoisotopic (exact) mass is 222 g/mol. The molecule has 1 heterocycles. The van der Waals surface area contributed by atoms with E-state index in [4.69, 9.17) is 5.73 Å². The van der Waals surface area contributed by atoms with Gasteiger partial charge in [0.05, 0.1) is 6.04 Å². The zero-order valence-corrected chi connectivity index (χ0v) is 9.96. The van der Waals surface area contributed by atoms with E-state index in [9.17, 15) is 0 Å². The predicted molar refractivity (Wildman–Crippen MR) is 68.7 cm³/mol. The van der Waals surface area contributed by atoms with Crippen molar-refractivity contribution >= 4 is 17.4 Å². The lowest BCUT2D eigenvalue weighted by Gasteiger charge is -2.36. The molecule has 2 rings (SSSR count). The van der Waals surface area contributed by atoms with E-state index in [1.54, 1.807) is 0 Å². The molecular formula is C12H18N2S. The maximum absolute atomic E-state index is 5.81. The highest BCUT2D eigenvalue weighted by Gasteiger charge is 2.21. The van der Waals surface area contributed by atoms with Crippen LogP contribution in [-0.2, 0) is 0 Å². The number of hydrogen-bond acceptors (Lipinski definition) is 3. The molecule has 2 N–H and O–H groups in total. The molecule has 1 atom stereocenters. The van der Waals surface area contributed by atoms with Crippen molar-refractivity contribution in [3.05, 3.63) is 29.8 Å². The van der Waals surface area contributed by atoms with Gasteiger partial charge in [-0.1, -0.05) is 12.1 Å². The van der Waals surface area contributed by atoms with E-state index in [0.717, 1.165) is 18.8 Å². The van der Waals surface area contributed by atoms with Crippen LogP contribution in [0.5, 0.6) is 0 Å². The lowest BCUT2D eigenvalue weighted by molar-refractivity contribution is 0.655. The zero-order chi connectivity index (χ0) is 10.7. The van der Waals surface area contributed by atoms with Crippen LogP contribution in [-0.4, -0.2) is 30.6 Å². The second-order valence-electron chi connectivity index (χ2n) is 4.00. The van der Waals surface area contributed by atoms with Crippen LogP contribution < -0.4 is 10.6 Å². The van der Waals surface area contributed by atoms with Gasteiger partial charge in [-0.3, -0.25) is 0 Å². The average molecular weight is 222 g/mol. The Morgan fingerprint density at radius 3 is 3.13 bits per heavy atom. The van der Waals surface area contributed by atoms with Gasteiger partial charge in [0, 0.05) is 30.3 Å². The molecule has 0 radical (unpaired) electrons. The van der Waals surface area contributed by atoms with Crippen molar-refractivity contribution in [1.82, 2.24) is 0 Å². The maximum atomic E-state index is 5.81. The quantitative estimate of drug-likeness (QED) is 0.828. The summed E-state index contributed by atoms with van der Waals surface area (Å²) in [5.41, 5.74) is 8.46. The lowest BCUT2D eigenvalue weighted by Crippen LogP contribution is -2.46. The average Bonchev–Trinajstić information content (AvgIpc) is 2.29. The Morgan fingerprint density at radius 1 is 1.53 bits per heavy atom. The summed E-state index contributed by atoms with van der Waals surface area (Å²) in [6, 6.07) is 9.20. The van der Waals surface area contributed by atoms with Crippen molar-refractivity contribution in [2.24, 2.45) is 5.73 Å². The number of anilines is 1. The van der Waals surface area contributed by atoms with E-state index in [1.807, 2.05) is 11.8 Å². The summed E-state index contributed by atoms with van der Waals surface area (Å²) in [6.07, 6.45) is 0. The Morgan fingerprint density at radius 2 is 2.40 bits per heavy atom. The topological polar surface area (TPSA) is 29.3 Å². The van der Waals surface area contributed by atoms with Gasteiger partial charge in [-0.15, -0.1) is 0 Å². The van der Waals surface area contributed by atoms with Crippen molar-refractivity contribution in [3.63, 3.8) is 0 Å². The number of hydrogen-bond donors (Lipinski definition) is 1. The van der Waals surface area contributed by atoms with Crippen LogP contribution in [0.2, 0.25) is 0 Å². The van der Waals surface area contributed by atoms with Crippen LogP contribution in [0, 0.1) is 6.92 Å². The van der Waals surface area contributed by atoms with Gasteiger partial charge >= 0.3 is 0 Å². The van der Waals surface area contributed by atoms with E-state index in [-0.39, 0.29) is 0 Å². The van der Waals surface area contributed by atoms with Gasteiger partial charge in [-0.05, 0) is 24.6 Å². The van der Waals surface area contributed by atoms with Gasteiger partial charge < -0.3 is 10.6 Å². The van der Waals surface area contributed by atoms with E-state index in [2.05, 4.69) is 36.1 Å². The number of aryl methyl sites for hydroxylation is 1. The first-order valence-corrected chi connectivity index (χ1v) is 6.58. The van der Waals surface area contributed by atoms with Gasteiger partial charge in [-0.25, -0.2) is 0 Å². The minimum Gasteiger partial charge on any atom is -0.366 e. The first-order chi connectivity index (χ1) is 7.31. The molecule has 0 aromatic heterocycles. The highest BCUT2D eigenvalue weighted by Crippen LogP contribution is 2.24. The van der Waals surface area contributed by atoms with E-state index in [1.165, 1.54) is 17.0 Å². The van der Waals surface area contributed by atoms with Crippen LogP contribution in [0.3, 0.4) is 0 Å². The molecule has 0 bridgehead atoms. The Balaban J connectivity index is 2.20. The first kappa shape index (κ1) is 10.8. The summed E-state index contributed by atoms with van der Waals surface area (Å²) in [5, 5.41) is 0. The summed E-state index contributed by atoms with van der Waals surface area (Å²) >= 11 is 2.01. The summed E-state index contributed by atoms with van der Waals surface area (Å²) in [6.45, 7) is 4.01. The molecular weight excluding hydrogens is 204 g/mol. The molecule has 0 spiro atoms. The molecule has 1 fully saturated rings. The molecule has 1 aliphatic heterocycles. The van der Waals surface area contributed by atoms with Crippen molar-refractivity contribution in [3.8, 4) is 0 Å². The SMILES string of the molecule is Cc1cccc(N2CCSCC2CN)c1. The van der Waals surface area contributed by atoms with Gasteiger partial charge in [0.2, 0.25) is 0 Å². The van der Waals surface area contributed by atoms with E-state index >= 15 is 0 Å². The van der Waals surface area contributed by atoms with Crippen LogP contribution in [0.1, 0.15) is 5.56 Å². The van der Waals surface area contributed by atoms with Crippen LogP contribution in [0.25, 0.3) is 0 Å². The number of thioether (sulfide) groups is 1. The molecule has 1 saturated heterocycles. The van der Waals surface area contributed by atoms with Crippen LogP contribution in [0.4, 0.5) is 5.69 Å². The fraction of sp³-hybridized carbons (Fsp3) is 0.500. The van der Waals surface area contributed by atoms with Crippen molar-refractivity contribution < 1.29 is 0 Å². The molecule has 15 heavy (non-hydrogen) atoms. The lowest BCUT2D eigenvalue weighted by atomic mass is 10.1. The second kappa shape index (κ2) is 4.90. The molecule has 82 valence electrons. The summed E-state index contributed by atoms with van der Waals surface area (Å²) < 4.78 is 0. The van der Waals surface area contributed by atoms with Crippen LogP contribution >= 0.6 is 11.8 Å². The summed E-state index contributed by atoms with van der Waals surface area (Å²) in [5.74, 6) is 2.37. The molecule has 0 amide bonds. The Bertz CT molecular complexity index is 327. The third kappa shape index (κ3) is 2.47. The molecule has 1 unspecified atom stereocenters.